The smallest absolute Gasteiger partial charge is 0.242 e. The SMILES string of the molecule is CCN(Cc1ccc2c(c1)OCO2)C(=O)Cn1cnc2c1CCCC2. The number of benzene rings is 1. The van der Waals surface area contributed by atoms with Gasteiger partial charge in [-0.15, -0.1) is 0 Å². The van der Waals surface area contributed by atoms with E-state index in [2.05, 4.69) is 4.98 Å². The van der Waals surface area contributed by atoms with Crippen LogP contribution in [-0.4, -0.2) is 33.7 Å². The number of likely N-dealkylation sites (N-methyl/N-ethyl adjacent to an activating group) is 1. The van der Waals surface area contributed by atoms with Gasteiger partial charge < -0.3 is 18.9 Å². The van der Waals surface area contributed by atoms with Crippen LogP contribution in [0.3, 0.4) is 0 Å². The molecule has 0 saturated carbocycles. The monoisotopic (exact) mass is 341 g/mol. The maximum atomic E-state index is 12.8. The number of fused-ring (bicyclic) bond motifs is 2. The lowest BCUT2D eigenvalue weighted by Crippen LogP contribution is -2.33. The molecule has 0 spiro atoms. The van der Waals surface area contributed by atoms with Gasteiger partial charge in [0.2, 0.25) is 12.7 Å². The third kappa shape index (κ3) is 3.21. The second-order valence-corrected chi connectivity index (χ2v) is 6.57. The quantitative estimate of drug-likeness (QED) is 0.839. The number of aromatic nitrogens is 2. The minimum absolute atomic E-state index is 0.117. The zero-order valence-electron chi connectivity index (χ0n) is 14.5. The van der Waals surface area contributed by atoms with Crippen LogP contribution in [0.15, 0.2) is 24.5 Å². The van der Waals surface area contributed by atoms with Crippen molar-refractivity contribution in [2.45, 2.75) is 45.7 Å². The summed E-state index contributed by atoms with van der Waals surface area (Å²) in [5.74, 6) is 1.64. The molecule has 0 N–H and O–H groups in total. The van der Waals surface area contributed by atoms with E-state index in [0.717, 1.165) is 35.6 Å². The topological polar surface area (TPSA) is 56.6 Å². The van der Waals surface area contributed by atoms with Gasteiger partial charge in [-0.2, -0.15) is 0 Å². The first kappa shape index (κ1) is 16.0. The number of aryl methyl sites for hydroxylation is 1. The number of ether oxygens (including phenoxy) is 2. The summed E-state index contributed by atoms with van der Waals surface area (Å²) in [5, 5.41) is 0. The molecule has 2 heterocycles. The molecule has 2 aliphatic rings. The average Bonchev–Trinajstić information content (AvgIpc) is 3.26. The van der Waals surface area contributed by atoms with E-state index in [4.69, 9.17) is 9.47 Å². The number of hydrogen-bond donors (Lipinski definition) is 0. The molecule has 0 fully saturated rings. The third-order valence-corrected chi connectivity index (χ3v) is 4.96. The lowest BCUT2D eigenvalue weighted by molar-refractivity contribution is -0.132. The van der Waals surface area contributed by atoms with Crippen LogP contribution in [0, 0.1) is 0 Å². The van der Waals surface area contributed by atoms with Crippen molar-refractivity contribution in [3.05, 3.63) is 41.5 Å². The highest BCUT2D eigenvalue weighted by Crippen LogP contribution is 2.32. The summed E-state index contributed by atoms with van der Waals surface area (Å²) in [4.78, 5) is 19.1. The van der Waals surface area contributed by atoms with E-state index in [1.165, 1.54) is 18.5 Å². The molecule has 1 aromatic carbocycles. The van der Waals surface area contributed by atoms with Crippen molar-refractivity contribution in [1.82, 2.24) is 14.5 Å². The van der Waals surface area contributed by atoms with Crippen LogP contribution in [0.25, 0.3) is 0 Å². The first-order chi connectivity index (χ1) is 12.2. The Morgan fingerprint density at radius 1 is 1.24 bits per heavy atom. The van der Waals surface area contributed by atoms with E-state index in [1.54, 1.807) is 0 Å². The standard InChI is InChI=1S/C19H23N3O3/c1-2-21(10-14-7-8-17-18(9-14)25-13-24-17)19(23)11-22-12-20-15-5-3-4-6-16(15)22/h7-9,12H,2-6,10-11,13H2,1H3. The lowest BCUT2D eigenvalue weighted by Gasteiger charge is -2.22. The summed E-state index contributed by atoms with van der Waals surface area (Å²) < 4.78 is 12.8. The molecule has 132 valence electrons. The Labute approximate surface area is 147 Å². The molecule has 0 atom stereocenters. The molecule has 1 amide bonds. The molecule has 0 radical (unpaired) electrons. The molecule has 4 rings (SSSR count). The molecule has 25 heavy (non-hydrogen) atoms. The second-order valence-electron chi connectivity index (χ2n) is 6.57. The van der Waals surface area contributed by atoms with Crippen LogP contribution in [0.1, 0.15) is 36.7 Å². The molecule has 2 aromatic rings. The predicted octanol–water partition coefficient (Wildman–Crippen LogP) is 2.54. The molecule has 1 aromatic heterocycles. The summed E-state index contributed by atoms with van der Waals surface area (Å²) in [6, 6.07) is 5.85. The summed E-state index contributed by atoms with van der Waals surface area (Å²) in [6.07, 6.45) is 6.26. The van der Waals surface area contributed by atoms with Gasteiger partial charge >= 0.3 is 0 Å². The van der Waals surface area contributed by atoms with Crippen LogP contribution in [0.2, 0.25) is 0 Å². The van der Waals surface area contributed by atoms with Gasteiger partial charge in [0.25, 0.3) is 0 Å². The summed E-state index contributed by atoms with van der Waals surface area (Å²) in [6.45, 7) is 3.88. The fraction of sp³-hybridized carbons (Fsp3) is 0.474. The molecule has 0 saturated heterocycles. The van der Waals surface area contributed by atoms with Crippen molar-refractivity contribution in [2.75, 3.05) is 13.3 Å². The van der Waals surface area contributed by atoms with Gasteiger partial charge in [-0.3, -0.25) is 4.79 Å². The normalized spacial score (nSPS) is 15.1. The first-order valence-electron chi connectivity index (χ1n) is 8.93. The zero-order valence-corrected chi connectivity index (χ0v) is 14.5. The summed E-state index contributed by atoms with van der Waals surface area (Å²) in [7, 11) is 0. The van der Waals surface area contributed by atoms with Gasteiger partial charge in [0.15, 0.2) is 11.5 Å². The maximum Gasteiger partial charge on any atom is 0.242 e. The molecule has 0 bridgehead atoms. The van der Waals surface area contributed by atoms with E-state index < -0.39 is 0 Å². The number of carbonyl (C=O) groups is 1. The van der Waals surface area contributed by atoms with Crippen molar-refractivity contribution in [2.24, 2.45) is 0 Å². The Hall–Kier alpha value is -2.50. The maximum absolute atomic E-state index is 12.8. The number of carbonyl (C=O) groups excluding carboxylic acids is 1. The van der Waals surface area contributed by atoms with Gasteiger partial charge in [0.05, 0.1) is 12.0 Å². The Bertz CT molecular complexity index is 784. The molecular formula is C19H23N3O3. The average molecular weight is 341 g/mol. The number of rotatable bonds is 5. The molecule has 1 aliphatic heterocycles. The van der Waals surface area contributed by atoms with Crippen LogP contribution in [0.5, 0.6) is 11.5 Å². The van der Waals surface area contributed by atoms with Crippen LogP contribution >= 0.6 is 0 Å². The summed E-state index contributed by atoms with van der Waals surface area (Å²) in [5.41, 5.74) is 3.45. The van der Waals surface area contributed by atoms with Gasteiger partial charge in [-0.05, 0) is 50.3 Å². The van der Waals surface area contributed by atoms with E-state index in [0.29, 0.717) is 19.6 Å². The minimum Gasteiger partial charge on any atom is -0.454 e. The van der Waals surface area contributed by atoms with Gasteiger partial charge in [0, 0.05) is 18.8 Å². The highest BCUT2D eigenvalue weighted by atomic mass is 16.7. The van der Waals surface area contributed by atoms with Crippen molar-refractivity contribution < 1.29 is 14.3 Å². The van der Waals surface area contributed by atoms with Gasteiger partial charge in [-0.1, -0.05) is 6.07 Å². The Balaban J connectivity index is 1.45. The van der Waals surface area contributed by atoms with Crippen molar-refractivity contribution in [1.29, 1.82) is 0 Å². The third-order valence-electron chi connectivity index (χ3n) is 4.96. The Morgan fingerprint density at radius 2 is 2.08 bits per heavy atom. The number of nitrogens with zero attached hydrogens (tertiary/aromatic N) is 3. The largest absolute Gasteiger partial charge is 0.454 e. The molecule has 1 aliphatic carbocycles. The number of imidazole rings is 1. The number of amides is 1. The van der Waals surface area contributed by atoms with Crippen molar-refractivity contribution in [3.63, 3.8) is 0 Å². The van der Waals surface area contributed by atoms with E-state index in [-0.39, 0.29) is 12.7 Å². The fourth-order valence-corrected chi connectivity index (χ4v) is 3.55. The van der Waals surface area contributed by atoms with Gasteiger partial charge in [-0.25, -0.2) is 4.98 Å². The minimum atomic E-state index is 0.117. The molecule has 0 unspecified atom stereocenters. The number of hydrogen-bond acceptors (Lipinski definition) is 4. The second kappa shape index (κ2) is 6.78. The zero-order chi connectivity index (χ0) is 17.2. The van der Waals surface area contributed by atoms with Crippen LogP contribution < -0.4 is 9.47 Å². The molecule has 6 nitrogen and oxygen atoms in total. The lowest BCUT2D eigenvalue weighted by atomic mass is 10.0. The van der Waals surface area contributed by atoms with Crippen molar-refractivity contribution >= 4 is 5.91 Å². The van der Waals surface area contributed by atoms with Crippen LogP contribution in [0.4, 0.5) is 0 Å². The van der Waals surface area contributed by atoms with Crippen molar-refractivity contribution in [3.8, 4) is 11.5 Å². The summed E-state index contributed by atoms with van der Waals surface area (Å²) >= 11 is 0. The van der Waals surface area contributed by atoms with E-state index in [1.807, 2.05) is 40.9 Å². The van der Waals surface area contributed by atoms with E-state index >= 15 is 0 Å². The highest BCUT2D eigenvalue weighted by molar-refractivity contribution is 5.76. The predicted molar refractivity (Wildman–Crippen MR) is 92.5 cm³/mol. The first-order valence-corrected chi connectivity index (χ1v) is 8.93. The molecular weight excluding hydrogens is 318 g/mol. The highest BCUT2D eigenvalue weighted by Gasteiger charge is 2.20. The Morgan fingerprint density at radius 3 is 2.96 bits per heavy atom. The molecule has 6 heteroatoms. The van der Waals surface area contributed by atoms with E-state index in [9.17, 15) is 4.79 Å². The van der Waals surface area contributed by atoms with Crippen LogP contribution in [-0.2, 0) is 30.7 Å². The Kier molecular flexibility index (Phi) is 4.34. The van der Waals surface area contributed by atoms with Gasteiger partial charge in [0.1, 0.15) is 6.54 Å². The fourth-order valence-electron chi connectivity index (χ4n) is 3.55.